The van der Waals surface area contributed by atoms with Gasteiger partial charge in [-0.25, -0.2) is 4.79 Å². The molecule has 0 spiro atoms. The van der Waals surface area contributed by atoms with Crippen LogP contribution in [0.1, 0.15) is 17.0 Å². The first kappa shape index (κ1) is 17.5. The third-order valence-electron chi connectivity index (χ3n) is 4.62. The number of hydrogen-bond donors (Lipinski definition) is 0. The van der Waals surface area contributed by atoms with Crippen LogP contribution in [0.15, 0.2) is 48.5 Å². The second-order valence-electron chi connectivity index (χ2n) is 6.07. The van der Waals surface area contributed by atoms with Crippen LogP contribution in [0.2, 0.25) is 0 Å². The van der Waals surface area contributed by atoms with Crippen LogP contribution in [-0.4, -0.2) is 49.0 Å². The number of amides is 1. The summed E-state index contributed by atoms with van der Waals surface area (Å²) >= 11 is 1.52. The molecule has 1 unspecified atom stereocenters. The highest BCUT2D eigenvalue weighted by atomic mass is 32.2. The average molecular weight is 355 g/mol. The van der Waals surface area contributed by atoms with Gasteiger partial charge in [-0.2, -0.15) is 11.8 Å². The Kier molecular flexibility index (Phi) is 5.43. The van der Waals surface area contributed by atoms with Crippen LogP contribution in [0.3, 0.4) is 0 Å². The van der Waals surface area contributed by atoms with Crippen molar-refractivity contribution < 1.29 is 14.3 Å². The number of benzene rings is 2. The number of hydrogen-bond acceptors (Lipinski definition) is 4. The first-order valence-corrected chi connectivity index (χ1v) is 9.58. The number of fused-ring (bicyclic) bond motifs is 3. The van der Waals surface area contributed by atoms with Crippen molar-refractivity contribution in [2.45, 2.75) is 12.0 Å². The minimum Gasteiger partial charge on any atom is -0.448 e. The van der Waals surface area contributed by atoms with E-state index in [1.807, 2.05) is 30.5 Å². The van der Waals surface area contributed by atoms with E-state index in [4.69, 9.17) is 4.74 Å². The molecule has 25 heavy (non-hydrogen) atoms. The molecule has 2 aromatic rings. The summed E-state index contributed by atoms with van der Waals surface area (Å²) in [6, 6.07) is 16.0. The molecule has 1 aliphatic carbocycles. The Morgan fingerprint density at radius 1 is 1.16 bits per heavy atom. The van der Waals surface area contributed by atoms with Crippen LogP contribution in [0.5, 0.6) is 0 Å². The summed E-state index contributed by atoms with van der Waals surface area (Å²) in [6.07, 6.45) is 2.23. The van der Waals surface area contributed by atoms with Gasteiger partial charge in [-0.3, -0.25) is 0 Å². The Balaban J connectivity index is 1.75. The molecule has 0 saturated carbocycles. The quantitative estimate of drug-likeness (QED) is 0.740. The summed E-state index contributed by atoms with van der Waals surface area (Å²) in [5, 5.41) is 0. The zero-order valence-electron chi connectivity index (χ0n) is 14.3. The lowest BCUT2D eigenvalue weighted by molar-refractivity contribution is -0.111. The Hall–Kier alpha value is -2.27. The third kappa shape index (κ3) is 3.42. The van der Waals surface area contributed by atoms with E-state index in [1.165, 1.54) is 38.9 Å². The largest absolute Gasteiger partial charge is 0.448 e. The molecule has 0 aliphatic heterocycles. The molecule has 130 valence electrons. The summed E-state index contributed by atoms with van der Waals surface area (Å²) in [7, 11) is 1.61. The van der Waals surface area contributed by atoms with E-state index in [-0.39, 0.29) is 12.5 Å². The fraction of sp³-hybridized carbons (Fsp3) is 0.300. The topological polar surface area (TPSA) is 46.6 Å². The highest BCUT2D eigenvalue weighted by molar-refractivity contribution is 7.98. The van der Waals surface area contributed by atoms with E-state index < -0.39 is 12.1 Å². The van der Waals surface area contributed by atoms with Crippen LogP contribution in [0.25, 0.3) is 11.1 Å². The van der Waals surface area contributed by atoms with Crippen molar-refractivity contribution in [2.24, 2.45) is 0 Å². The minimum atomic E-state index is -0.467. The average Bonchev–Trinajstić information content (AvgIpc) is 2.97. The Labute approximate surface area is 152 Å². The van der Waals surface area contributed by atoms with E-state index >= 15 is 0 Å². The van der Waals surface area contributed by atoms with Gasteiger partial charge in [0, 0.05) is 18.7 Å². The minimum absolute atomic E-state index is 0.0278. The second-order valence-corrected chi connectivity index (χ2v) is 6.98. The molecule has 0 aromatic heterocycles. The summed E-state index contributed by atoms with van der Waals surface area (Å²) in [6.45, 7) is 0.266. The second kappa shape index (κ2) is 7.74. The molecule has 0 radical (unpaired) electrons. The molecule has 5 heteroatoms. The highest BCUT2D eigenvalue weighted by Gasteiger charge is 2.30. The van der Waals surface area contributed by atoms with Crippen LogP contribution >= 0.6 is 11.8 Å². The molecule has 1 amide bonds. The van der Waals surface area contributed by atoms with Gasteiger partial charge in [-0.05, 0) is 28.5 Å². The van der Waals surface area contributed by atoms with Crippen molar-refractivity contribution in [3.05, 3.63) is 59.7 Å². The highest BCUT2D eigenvalue weighted by Crippen LogP contribution is 2.44. The Morgan fingerprint density at radius 3 is 2.24 bits per heavy atom. The van der Waals surface area contributed by atoms with Crippen molar-refractivity contribution in [3.63, 3.8) is 0 Å². The molecule has 1 aliphatic rings. The number of carbonyl (C=O) groups excluding carboxylic acids is 2. The molecular weight excluding hydrogens is 334 g/mol. The number of ether oxygens (including phenoxy) is 1. The van der Waals surface area contributed by atoms with E-state index in [0.29, 0.717) is 5.75 Å². The lowest BCUT2D eigenvalue weighted by Crippen LogP contribution is -2.40. The lowest BCUT2D eigenvalue weighted by atomic mass is 9.98. The zero-order valence-corrected chi connectivity index (χ0v) is 15.2. The number of carbonyl (C=O) groups is 2. The van der Waals surface area contributed by atoms with Crippen molar-refractivity contribution in [3.8, 4) is 11.1 Å². The summed E-state index contributed by atoms with van der Waals surface area (Å²) in [4.78, 5) is 24.9. The number of thioether (sulfide) groups is 1. The third-order valence-corrected chi connectivity index (χ3v) is 5.29. The molecule has 0 heterocycles. The molecular formula is C20H21NO3S. The van der Waals surface area contributed by atoms with Gasteiger partial charge in [0.25, 0.3) is 0 Å². The predicted octanol–water partition coefficient (Wildman–Crippen LogP) is 3.80. The molecule has 1 atom stereocenters. The fourth-order valence-corrected chi connectivity index (χ4v) is 3.89. The molecule has 0 N–H and O–H groups in total. The molecule has 2 aromatic carbocycles. The molecule has 0 fully saturated rings. The summed E-state index contributed by atoms with van der Waals surface area (Å²) in [5.74, 6) is 0.587. The molecule has 0 bridgehead atoms. The number of aldehydes is 1. The van der Waals surface area contributed by atoms with Crippen molar-refractivity contribution in [1.29, 1.82) is 0 Å². The van der Waals surface area contributed by atoms with E-state index in [2.05, 4.69) is 24.3 Å². The van der Waals surface area contributed by atoms with Crippen molar-refractivity contribution in [1.82, 2.24) is 4.90 Å². The smallest absolute Gasteiger partial charge is 0.410 e. The van der Waals surface area contributed by atoms with Gasteiger partial charge in [0.2, 0.25) is 0 Å². The summed E-state index contributed by atoms with van der Waals surface area (Å²) < 4.78 is 5.55. The standard InChI is InChI=1S/C20H21NO3S/c1-21(14(11-22)13-25-2)20(23)24-12-19-17-9-5-3-7-15(17)16-8-4-6-10-18(16)19/h3-11,14,19H,12-13H2,1-2H3. The van der Waals surface area contributed by atoms with Gasteiger partial charge < -0.3 is 14.4 Å². The maximum absolute atomic E-state index is 12.3. The molecule has 3 rings (SSSR count). The lowest BCUT2D eigenvalue weighted by Gasteiger charge is -2.23. The van der Waals surface area contributed by atoms with Gasteiger partial charge >= 0.3 is 6.09 Å². The van der Waals surface area contributed by atoms with Crippen LogP contribution in [-0.2, 0) is 9.53 Å². The zero-order chi connectivity index (χ0) is 17.8. The maximum Gasteiger partial charge on any atom is 0.410 e. The number of rotatable bonds is 6. The first-order chi connectivity index (χ1) is 12.2. The van der Waals surface area contributed by atoms with Gasteiger partial charge in [-0.1, -0.05) is 48.5 Å². The van der Waals surface area contributed by atoms with Crippen LogP contribution in [0.4, 0.5) is 4.79 Å². The van der Waals surface area contributed by atoms with Crippen LogP contribution < -0.4 is 0 Å². The monoisotopic (exact) mass is 355 g/mol. The van der Waals surface area contributed by atoms with E-state index in [0.717, 1.165) is 6.29 Å². The Morgan fingerprint density at radius 2 is 1.72 bits per heavy atom. The number of nitrogens with zero attached hydrogens (tertiary/aromatic N) is 1. The maximum atomic E-state index is 12.3. The first-order valence-electron chi connectivity index (χ1n) is 8.19. The Bertz CT molecular complexity index is 732. The van der Waals surface area contributed by atoms with Crippen molar-refractivity contribution >= 4 is 24.1 Å². The van der Waals surface area contributed by atoms with Gasteiger partial charge in [0.1, 0.15) is 12.9 Å². The summed E-state index contributed by atoms with van der Waals surface area (Å²) in [5.41, 5.74) is 4.74. The van der Waals surface area contributed by atoms with Crippen molar-refractivity contribution in [2.75, 3.05) is 25.7 Å². The van der Waals surface area contributed by atoms with Gasteiger partial charge in [0.15, 0.2) is 0 Å². The molecule has 4 nitrogen and oxygen atoms in total. The van der Waals surface area contributed by atoms with E-state index in [1.54, 1.807) is 7.05 Å². The molecule has 0 saturated heterocycles. The van der Waals surface area contributed by atoms with Gasteiger partial charge in [0.05, 0.1) is 6.04 Å². The number of likely N-dealkylation sites (N-methyl/N-ethyl adjacent to an activating group) is 1. The fourth-order valence-electron chi connectivity index (χ4n) is 3.24. The predicted molar refractivity (Wildman–Crippen MR) is 101 cm³/mol. The van der Waals surface area contributed by atoms with Gasteiger partial charge in [-0.15, -0.1) is 0 Å². The normalized spacial score (nSPS) is 13.7. The van der Waals surface area contributed by atoms with Crippen LogP contribution in [0, 0.1) is 0 Å². The van der Waals surface area contributed by atoms with E-state index in [9.17, 15) is 9.59 Å². The SMILES string of the molecule is CSCC(C=O)N(C)C(=O)OCC1c2ccccc2-c2ccccc21.